The number of hydrogen-bond acceptors (Lipinski definition) is 4. The largest absolute Gasteiger partial charge is 0.326 e. The molecule has 0 radical (unpaired) electrons. The monoisotopic (exact) mass is 439 g/mol. The molecule has 7 nitrogen and oxygen atoms in total. The average Bonchev–Trinajstić information content (AvgIpc) is 3.06. The molecule has 0 unspecified atom stereocenters. The quantitative estimate of drug-likeness (QED) is 0.626. The number of aryl methyl sites for hydroxylation is 2. The van der Waals surface area contributed by atoms with E-state index in [1.54, 1.807) is 4.68 Å². The van der Waals surface area contributed by atoms with Crippen molar-refractivity contribution in [1.29, 1.82) is 5.26 Å². The maximum Gasteiger partial charge on any atom is 0.227 e. The molecule has 0 bridgehead atoms. The second-order valence-corrected chi connectivity index (χ2v) is 8.35. The normalized spacial score (nSPS) is 14.1. The molecule has 1 fully saturated rings. The van der Waals surface area contributed by atoms with Gasteiger partial charge in [-0.2, -0.15) is 10.4 Å². The highest BCUT2D eigenvalue weighted by Gasteiger charge is 2.22. The molecule has 8 heteroatoms. The smallest absolute Gasteiger partial charge is 0.227 e. The average molecular weight is 440 g/mol. The van der Waals surface area contributed by atoms with Gasteiger partial charge in [0.15, 0.2) is 0 Å². The van der Waals surface area contributed by atoms with E-state index in [9.17, 15) is 14.0 Å². The number of nitriles is 1. The molecule has 1 aromatic carbocycles. The Kier molecular flexibility index (Phi) is 7.98. The number of anilines is 2. The number of benzene rings is 1. The molecule has 0 atom stereocenters. The van der Waals surface area contributed by atoms with Gasteiger partial charge in [-0.15, -0.1) is 0 Å². The molecule has 2 amide bonds. The van der Waals surface area contributed by atoms with Gasteiger partial charge in [0.2, 0.25) is 11.8 Å². The summed E-state index contributed by atoms with van der Waals surface area (Å²) in [4.78, 5) is 24.9. The van der Waals surface area contributed by atoms with Crippen LogP contribution in [0.15, 0.2) is 18.2 Å². The number of carbonyl (C=O) groups is 2. The molecule has 32 heavy (non-hydrogen) atoms. The lowest BCUT2D eigenvalue weighted by molar-refractivity contribution is -0.120. The van der Waals surface area contributed by atoms with Crippen LogP contribution in [-0.4, -0.2) is 21.6 Å². The lowest BCUT2D eigenvalue weighted by atomic mass is 9.88. The van der Waals surface area contributed by atoms with Gasteiger partial charge in [0.05, 0.1) is 30.4 Å². The fourth-order valence-electron chi connectivity index (χ4n) is 4.23. The summed E-state index contributed by atoms with van der Waals surface area (Å²) in [5.41, 5.74) is 3.33. The van der Waals surface area contributed by atoms with E-state index in [0.29, 0.717) is 25.1 Å². The van der Waals surface area contributed by atoms with E-state index in [4.69, 9.17) is 5.26 Å². The highest BCUT2D eigenvalue weighted by Crippen LogP contribution is 2.27. The highest BCUT2D eigenvalue weighted by atomic mass is 19.1. The maximum atomic E-state index is 14.2. The molecule has 0 aliphatic heterocycles. The van der Waals surface area contributed by atoms with Crippen molar-refractivity contribution in [2.75, 3.05) is 10.6 Å². The Balaban J connectivity index is 1.58. The SMILES string of the molecule is Cc1nn(CCC#N)c(C)c1CCC(=O)Nc1ccc(F)c(NC(=O)C2CCCCC2)c1. The Morgan fingerprint density at radius 2 is 1.97 bits per heavy atom. The number of hydrogen-bond donors (Lipinski definition) is 2. The van der Waals surface area contributed by atoms with Gasteiger partial charge in [-0.25, -0.2) is 4.39 Å². The molecule has 2 aromatic rings. The number of halogens is 1. The minimum atomic E-state index is -0.525. The molecule has 1 heterocycles. The molecule has 1 aromatic heterocycles. The van der Waals surface area contributed by atoms with Crippen LogP contribution >= 0.6 is 0 Å². The van der Waals surface area contributed by atoms with E-state index >= 15 is 0 Å². The zero-order valence-electron chi connectivity index (χ0n) is 18.7. The van der Waals surface area contributed by atoms with Crippen molar-refractivity contribution in [3.8, 4) is 6.07 Å². The van der Waals surface area contributed by atoms with Gasteiger partial charge in [-0.1, -0.05) is 19.3 Å². The summed E-state index contributed by atoms with van der Waals surface area (Å²) in [6.45, 7) is 4.36. The molecule has 170 valence electrons. The van der Waals surface area contributed by atoms with Crippen LogP contribution in [0.5, 0.6) is 0 Å². The van der Waals surface area contributed by atoms with Gasteiger partial charge in [-0.3, -0.25) is 14.3 Å². The summed E-state index contributed by atoms with van der Waals surface area (Å²) in [5, 5.41) is 18.7. The Hall–Kier alpha value is -3.21. The zero-order valence-corrected chi connectivity index (χ0v) is 18.7. The Bertz CT molecular complexity index is 1020. The van der Waals surface area contributed by atoms with Gasteiger partial charge < -0.3 is 10.6 Å². The van der Waals surface area contributed by atoms with Crippen LogP contribution in [0, 0.1) is 36.9 Å². The summed E-state index contributed by atoms with van der Waals surface area (Å²) in [7, 11) is 0. The molecule has 0 spiro atoms. The van der Waals surface area contributed by atoms with Crippen LogP contribution in [0.4, 0.5) is 15.8 Å². The van der Waals surface area contributed by atoms with E-state index in [0.717, 1.165) is 49.1 Å². The number of rotatable bonds is 8. The summed E-state index contributed by atoms with van der Waals surface area (Å²) >= 11 is 0. The fraction of sp³-hybridized carbons (Fsp3) is 0.500. The van der Waals surface area contributed by atoms with Crippen LogP contribution in [0.25, 0.3) is 0 Å². The van der Waals surface area contributed by atoms with Crippen LogP contribution < -0.4 is 10.6 Å². The van der Waals surface area contributed by atoms with Crippen molar-refractivity contribution in [3.63, 3.8) is 0 Å². The van der Waals surface area contributed by atoms with Gasteiger partial charge in [-0.05, 0) is 56.9 Å². The molecule has 0 saturated heterocycles. The lowest BCUT2D eigenvalue weighted by Crippen LogP contribution is -2.25. The second-order valence-electron chi connectivity index (χ2n) is 8.35. The molecule has 2 N–H and O–H groups in total. The fourth-order valence-corrected chi connectivity index (χ4v) is 4.23. The minimum Gasteiger partial charge on any atom is -0.326 e. The zero-order chi connectivity index (χ0) is 23.1. The number of aromatic nitrogens is 2. The summed E-state index contributed by atoms with van der Waals surface area (Å²) in [5.74, 6) is -0.971. The Morgan fingerprint density at radius 1 is 1.22 bits per heavy atom. The summed E-state index contributed by atoms with van der Waals surface area (Å²) in [6.07, 6.45) is 5.98. The third-order valence-corrected chi connectivity index (χ3v) is 6.05. The lowest BCUT2D eigenvalue weighted by Gasteiger charge is -2.21. The van der Waals surface area contributed by atoms with Crippen molar-refractivity contribution >= 4 is 23.2 Å². The predicted octanol–water partition coefficient (Wildman–Crippen LogP) is 4.64. The van der Waals surface area contributed by atoms with E-state index in [2.05, 4.69) is 21.8 Å². The molecule has 1 saturated carbocycles. The molecule has 3 rings (SSSR count). The van der Waals surface area contributed by atoms with Crippen LogP contribution in [0.1, 0.15) is 61.9 Å². The van der Waals surface area contributed by atoms with Crippen molar-refractivity contribution in [2.45, 2.75) is 71.8 Å². The topological polar surface area (TPSA) is 99.8 Å². The minimum absolute atomic E-state index is 0.0815. The van der Waals surface area contributed by atoms with E-state index < -0.39 is 5.82 Å². The molecule has 1 aliphatic rings. The third kappa shape index (κ3) is 5.94. The van der Waals surface area contributed by atoms with Crippen LogP contribution in [0.2, 0.25) is 0 Å². The highest BCUT2D eigenvalue weighted by molar-refractivity contribution is 5.95. The third-order valence-electron chi connectivity index (χ3n) is 6.05. The number of amides is 2. The molecular weight excluding hydrogens is 409 g/mol. The second kappa shape index (κ2) is 10.9. The number of nitrogens with one attached hydrogen (secondary N) is 2. The van der Waals surface area contributed by atoms with E-state index in [1.807, 2.05) is 13.8 Å². The first-order chi connectivity index (χ1) is 15.4. The first kappa shape index (κ1) is 23.5. The van der Waals surface area contributed by atoms with Crippen molar-refractivity contribution in [1.82, 2.24) is 9.78 Å². The standard InChI is InChI=1S/C24H30FN5O2/c1-16-20(17(2)30(29-16)14-6-13-26)10-12-23(31)27-19-9-11-21(25)22(15-19)28-24(32)18-7-4-3-5-8-18/h9,11,15,18H,3-8,10,12,14H2,1-2H3,(H,27,31)(H,28,32). The van der Waals surface area contributed by atoms with Crippen LogP contribution in [-0.2, 0) is 22.6 Å². The Labute approximate surface area is 188 Å². The Morgan fingerprint density at radius 3 is 2.69 bits per heavy atom. The van der Waals surface area contributed by atoms with Gasteiger partial charge in [0.1, 0.15) is 5.82 Å². The maximum absolute atomic E-state index is 14.2. The summed E-state index contributed by atoms with van der Waals surface area (Å²) < 4.78 is 16.0. The van der Waals surface area contributed by atoms with Gasteiger partial charge >= 0.3 is 0 Å². The first-order valence-corrected chi connectivity index (χ1v) is 11.2. The number of nitrogens with zero attached hydrogens (tertiary/aromatic N) is 3. The first-order valence-electron chi connectivity index (χ1n) is 11.2. The molecule has 1 aliphatic carbocycles. The summed E-state index contributed by atoms with van der Waals surface area (Å²) in [6, 6.07) is 6.31. The van der Waals surface area contributed by atoms with Gasteiger partial charge in [0.25, 0.3) is 0 Å². The van der Waals surface area contributed by atoms with Crippen molar-refractivity contribution in [2.24, 2.45) is 5.92 Å². The van der Waals surface area contributed by atoms with E-state index in [-0.39, 0.29) is 29.8 Å². The molecular formula is C24H30FN5O2. The van der Waals surface area contributed by atoms with Gasteiger partial charge in [0, 0.05) is 23.7 Å². The number of carbonyl (C=O) groups excluding carboxylic acids is 2. The van der Waals surface area contributed by atoms with Crippen molar-refractivity contribution in [3.05, 3.63) is 41.0 Å². The van der Waals surface area contributed by atoms with E-state index in [1.165, 1.54) is 18.2 Å². The predicted molar refractivity (Wildman–Crippen MR) is 120 cm³/mol. The van der Waals surface area contributed by atoms with Crippen LogP contribution in [0.3, 0.4) is 0 Å². The van der Waals surface area contributed by atoms with Crippen molar-refractivity contribution < 1.29 is 14.0 Å².